The summed E-state index contributed by atoms with van der Waals surface area (Å²) in [6, 6.07) is 4.41. The highest BCUT2D eigenvalue weighted by Gasteiger charge is 2.36. The first-order valence-corrected chi connectivity index (χ1v) is 8.87. The maximum Gasteiger partial charge on any atom is 0.240 e. The molecule has 0 bridgehead atoms. The third-order valence-electron chi connectivity index (χ3n) is 5.28. The van der Waals surface area contributed by atoms with Crippen molar-refractivity contribution in [2.75, 3.05) is 13.1 Å². The van der Waals surface area contributed by atoms with E-state index in [1.54, 1.807) is 0 Å². The first kappa shape index (κ1) is 16.4. The molecule has 126 valence electrons. The van der Waals surface area contributed by atoms with Crippen molar-refractivity contribution < 1.29 is 4.79 Å². The Bertz CT molecular complexity index is 505. The van der Waals surface area contributed by atoms with Crippen molar-refractivity contribution in [1.82, 2.24) is 15.2 Å². The van der Waals surface area contributed by atoms with Crippen LogP contribution in [-0.4, -0.2) is 40.5 Å². The number of nitrogens with two attached hydrogens (primary N) is 1. The Morgan fingerprint density at radius 2 is 1.87 bits per heavy atom. The van der Waals surface area contributed by atoms with E-state index in [9.17, 15) is 4.79 Å². The molecule has 2 aliphatic rings. The number of aromatic nitrogens is 1. The Hall–Kier alpha value is -1.46. The van der Waals surface area contributed by atoms with Gasteiger partial charge in [-0.15, -0.1) is 0 Å². The molecule has 1 aromatic heterocycles. The molecule has 3 rings (SSSR count). The van der Waals surface area contributed by atoms with Gasteiger partial charge in [-0.25, -0.2) is 0 Å². The molecule has 0 spiro atoms. The van der Waals surface area contributed by atoms with Gasteiger partial charge in [0.2, 0.25) is 5.91 Å². The Labute approximate surface area is 138 Å². The standard InChI is InChI=1S/C18H28N4O/c19-18(8-2-1-3-9-18)17(23)21-16-6-12-22(13-7-16)14-15-4-10-20-11-5-15/h4-5,10-11,16H,1-3,6-9,12-14,19H2,(H,21,23). The molecule has 5 nitrogen and oxygen atoms in total. The van der Waals surface area contributed by atoms with Crippen molar-refractivity contribution >= 4 is 5.91 Å². The van der Waals surface area contributed by atoms with E-state index in [0.717, 1.165) is 58.2 Å². The normalized spacial score (nSPS) is 22.7. The van der Waals surface area contributed by atoms with Gasteiger partial charge in [0.05, 0.1) is 5.54 Å². The molecule has 2 heterocycles. The minimum absolute atomic E-state index is 0.0739. The number of nitrogens with one attached hydrogen (secondary N) is 1. The van der Waals surface area contributed by atoms with E-state index in [-0.39, 0.29) is 11.9 Å². The van der Waals surface area contributed by atoms with E-state index in [4.69, 9.17) is 5.73 Å². The van der Waals surface area contributed by atoms with Crippen LogP contribution in [0.3, 0.4) is 0 Å². The summed E-state index contributed by atoms with van der Waals surface area (Å²) in [5.41, 5.74) is 7.00. The van der Waals surface area contributed by atoms with Crippen molar-refractivity contribution in [2.24, 2.45) is 5.73 Å². The molecule has 0 unspecified atom stereocenters. The molecule has 1 aliphatic heterocycles. The molecule has 1 saturated heterocycles. The molecule has 1 aliphatic carbocycles. The van der Waals surface area contributed by atoms with Crippen LogP contribution < -0.4 is 11.1 Å². The van der Waals surface area contributed by atoms with Crippen LogP contribution in [0.1, 0.15) is 50.5 Å². The van der Waals surface area contributed by atoms with E-state index in [1.165, 1.54) is 12.0 Å². The quantitative estimate of drug-likeness (QED) is 0.889. The summed E-state index contributed by atoms with van der Waals surface area (Å²) < 4.78 is 0. The molecule has 1 saturated carbocycles. The van der Waals surface area contributed by atoms with E-state index < -0.39 is 5.54 Å². The molecule has 0 radical (unpaired) electrons. The largest absolute Gasteiger partial charge is 0.352 e. The number of hydrogen-bond acceptors (Lipinski definition) is 4. The molecule has 3 N–H and O–H groups in total. The minimum atomic E-state index is -0.619. The SMILES string of the molecule is NC1(C(=O)NC2CCN(Cc3ccncc3)CC2)CCCCC1. The highest BCUT2D eigenvalue weighted by atomic mass is 16.2. The predicted molar refractivity (Wildman–Crippen MR) is 90.7 cm³/mol. The van der Waals surface area contributed by atoms with Crippen molar-refractivity contribution in [3.05, 3.63) is 30.1 Å². The minimum Gasteiger partial charge on any atom is -0.352 e. The van der Waals surface area contributed by atoms with Crippen LogP contribution in [0.25, 0.3) is 0 Å². The summed E-state index contributed by atoms with van der Waals surface area (Å²) in [6.45, 7) is 3.00. The third-order valence-corrected chi connectivity index (χ3v) is 5.28. The molecule has 1 aromatic rings. The zero-order valence-corrected chi connectivity index (χ0v) is 13.8. The lowest BCUT2D eigenvalue weighted by molar-refractivity contribution is -0.128. The van der Waals surface area contributed by atoms with Gasteiger partial charge in [-0.05, 0) is 43.4 Å². The summed E-state index contributed by atoms with van der Waals surface area (Å²) in [5, 5.41) is 3.21. The first-order valence-electron chi connectivity index (χ1n) is 8.87. The van der Waals surface area contributed by atoms with Crippen LogP contribution in [-0.2, 0) is 11.3 Å². The van der Waals surface area contributed by atoms with E-state index >= 15 is 0 Å². The Morgan fingerprint density at radius 1 is 1.22 bits per heavy atom. The fourth-order valence-electron chi connectivity index (χ4n) is 3.72. The Kier molecular flexibility index (Phi) is 5.28. The number of pyridine rings is 1. The molecule has 1 amide bonds. The van der Waals surface area contributed by atoms with Crippen LogP contribution >= 0.6 is 0 Å². The highest BCUT2D eigenvalue weighted by Crippen LogP contribution is 2.26. The molecule has 23 heavy (non-hydrogen) atoms. The average molecular weight is 316 g/mol. The van der Waals surface area contributed by atoms with Gasteiger partial charge in [-0.2, -0.15) is 0 Å². The lowest BCUT2D eigenvalue weighted by Gasteiger charge is -2.36. The maximum atomic E-state index is 12.5. The number of amides is 1. The number of piperidine rings is 1. The van der Waals surface area contributed by atoms with Crippen LogP contribution in [0.2, 0.25) is 0 Å². The van der Waals surface area contributed by atoms with Gasteiger partial charge in [0, 0.05) is 38.1 Å². The van der Waals surface area contributed by atoms with E-state index in [1.807, 2.05) is 12.4 Å². The van der Waals surface area contributed by atoms with Crippen molar-refractivity contribution in [2.45, 2.75) is 63.1 Å². The Balaban J connectivity index is 1.45. The zero-order chi connectivity index (χ0) is 16.1. The zero-order valence-electron chi connectivity index (χ0n) is 13.8. The van der Waals surface area contributed by atoms with Crippen LogP contribution in [0.5, 0.6) is 0 Å². The monoisotopic (exact) mass is 316 g/mol. The van der Waals surface area contributed by atoms with Gasteiger partial charge < -0.3 is 11.1 Å². The summed E-state index contributed by atoms with van der Waals surface area (Å²) in [5.74, 6) is 0.0739. The van der Waals surface area contributed by atoms with Crippen LogP contribution in [0.15, 0.2) is 24.5 Å². The van der Waals surface area contributed by atoms with Crippen molar-refractivity contribution in [1.29, 1.82) is 0 Å². The van der Waals surface area contributed by atoms with Crippen LogP contribution in [0, 0.1) is 0 Å². The predicted octanol–water partition coefficient (Wildman–Crippen LogP) is 1.82. The number of carbonyl (C=O) groups is 1. The topological polar surface area (TPSA) is 71.2 Å². The maximum absolute atomic E-state index is 12.5. The molecule has 0 aromatic carbocycles. The molecular weight excluding hydrogens is 288 g/mol. The number of likely N-dealkylation sites (tertiary alicyclic amines) is 1. The van der Waals surface area contributed by atoms with Gasteiger partial charge in [0.25, 0.3) is 0 Å². The summed E-state index contributed by atoms with van der Waals surface area (Å²) in [4.78, 5) is 19.0. The van der Waals surface area contributed by atoms with Gasteiger partial charge in [0.1, 0.15) is 0 Å². The second-order valence-corrected chi connectivity index (χ2v) is 7.10. The fraction of sp³-hybridized carbons (Fsp3) is 0.667. The second kappa shape index (κ2) is 7.41. The van der Waals surface area contributed by atoms with Gasteiger partial charge in [-0.3, -0.25) is 14.7 Å². The van der Waals surface area contributed by atoms with E-state index in [2.05, 4.69) is 27.3 Å². The molecule has 0 atom stereocenters. The second-order valence-electron chi connectivity index (χ2n) is 7.10. The smallest absolute Gasteiger partial charge is 0.240 e. The summed E-state index contributed by atoms with van der Waals surface area (Å²) in [6.07, 6.45) is 10.7. The summed E-state index contributed by atoms with van der Waals surface area (Å²) >= 11 is 0. The Morgan fingerprint density at radius 3 is 2.52 bits per heavy atom. The average Bonchev–Trinajstić information content (AvgIpc) is 2.58. The van der Waals surface area contributed by atoms with Crippen molar-refractivity contribution in [3.63, 3.8) is 0 Å². The lowest BCUT2D eigenvalue weighted by atomic mass is 9.81. The fourth-order valence-corrected chi connectivity index (χ4v) is 3.72. The molecular formula is C18H28N4O. The number of carbonyl (C=O) groups excluding carboxylic acids is 1. The summed E-state index contributed by atoms with van der Waals surface area (Å²) in [7, 11) is 0. The van der Waals surface area contributed by atoms with E-state index in [0.29, 0.717) is 0 Å². The molecule has 2 fully saturated rings. The molecule has 5 heteroatoms. The number of rotatable bonds is 4. The highest BCUT2D eigenvalue weighted by molar-refractivity contribution is 5.86. The van der Waals surface area contributed by atoms with Gasteiger partial charge >= 0.3 is 0 Å². The van der Waals surface area contributed by atoms with Crippen molar-refractivity contribution in [3.8, 4) is 0 Å². The van der Waals surface area contributed by atoms with Gasteiger partial charge in [0.15, 0.2) is 0 Å². The number of nitrogens with zero attached hydrogens (tertiary/aromatic N) is 2. The van der Waals surface area contributed by atoms with Gasteiger partial charge in [-0.1, -0.05) is 19.3 Å². The lowest BCUT2D eigenvalue weighted by Crippen LogP contribution is -2.58. The number of hydrogen-bond donors (Lipinski definition) is 2. The third kappa shape index (κ3) is 4.30. The first-order chi connectivity index (χ1) is 11.2. The van der Waals surface area contributed by atoms with Crippen LogP contribution in [0.4, 0.5) is 0 Å².